The van der Waals surface area contributed by atoms with Gasteiger partial charge < -0.3 is 29.6 Å². The third-order valence-corrected chi connectivity index (χ3v) is 3.69. The average molecular weight is 308 g/mol. The Morgan fingerprint density at radius 3 is 1.91 bits per heavy atom. The molecule has 0 aromatic heterocycles. The van der Waals surface area contributed by atoms with Crippen molar-refractivity contribution in [1.29, 1.82) is 0 Å². The molecule has 2 aliphatic rings. The first-order chi connectivity index (χ1) is 10.9. The van der Waals surface area contributed by atoms with E-state index in [1.54, 1.807) is 0 Å². The third-order valence-electron chi connectivity index (χ3n) is 3.69. The van der Waals surface area contributed by atoms with E-state index in [-0.39, 0.29) is 12.2 Å². The second kappa shape index (κ2) is 8.33. The van der Waals surface area contributed by atoms with Crippen LogP contribution in [-0.2, 0) is 9.47 Å². The molecule has 22 heavy (non-hydrogen) atoms. The van der Waals surface area contributed by atoms with Crippen LogP contribution in [0.1, 0.15) is 0 Å². The molecule has 0 spiro atoms. The number of hydrogen-bond acceptors (Lipinski definition) is 6. The number of ether oxygens (including phenoxy) is 4. The van der Waals surface area contributed by atoms with Gasteiger partial charge in [-0.25, -0.2) is 0 Å². The minimum atomic E-state index is 0.111. The lowest BCUT2D eigenvalue weighted by Gasteiger charge is -2.24. The van der Waals surface area contributed by atoms with Crippen molar-refractivity contribution < 1.29 is 18.9 Å². The molecule has 2 fully saturated rings. The standard InChI is InChI=1S/C16H24N2O4/c1-2-13(21-11-15-9-17-4-6-19-15)8-14(3-1)22-12-16-10-18-5-7-20-16/h1-3,8,15-18H,4-7,9-12H2. The zero-order valence-electron chi connectivity index (χ0n) is 12.8. The second-order valence-corrected chi connectivity index (χ2v) is 5.49. The fourth-order valence-corrected chi connectivity index (χ4v) is 2.49. The minimum absolute atomic E-state index is 0.111. The van der Waals surface area contributed by atoms with E-state index in [1.807, 2.05) is 24.3 Å². The molecule has 2 unspecified atom stereocenters. The van der Waals surface area contributed by atoms with Gasteiger partial charge in [0.15, 0.2) is 0 Å². The molecule has 6 nitrogen and oxygen atoms in total. The van der Waals surface area contributed by atoms with Gasteiger partial charge >= 0.3 is 0 Å². The zero-order valence-corrected chi connectivity index (χ0v) is 12.8. The summed E-state index contributed by atoms with van der Waals surface area (Å²) in [6.07, 6.45) is 0.222. The average Bonchev–Trinajstić information content (AvgIpc) is 2.60. The van der Waals surface area contributed by atoms with E-state index in [2.05, 4.69) is 10.6 Å². The first-order valence-corrected chi connectivity index (χ1v) is 7.90. The maximum Gasteiger partial charge on any atom is 0.123 e. The molecule has 2 aliphatic heterocycles. The SMILES string of the molecule is c1cc(OCC2CNCCO2)cc(OCC2CNCCO2)c1. The summed E-state index contributed by atoms with van der Waals surface area (Å²) in [5.74, 6) is 1.60. The summed E-state index contributed by atoms with van der Waals surface area (Å²) in [7, 11) is 0. The van der Waals surface area contributed by atoms with Crippen LogP contribution in [0.5, 0.6) is 11.5 Å². The lowest BCUT2D eigenvalue weighted by atomic mass is 10.3. The minimum Gasteiger partial charge on any atom is -0.491 e. The fourth-order valence-electron chi connectivity index (χ4n) is 2.49. The molecule has 2 saturated heterocycles. The predicted molar refractivity (Wildman–Crippen MR) is 82.7 cm³/mol. The number of morpholine rings is 2. The molecule has 0 saturated carbocycles. The summed E-state index contributed by atoms with van der Waals surface area (Å²) < 4.78 is 22.8. The molecule has 0 radical (unpaired) electrons. The second-order valence-electron chi connectivity index (χ2n) is 5.49. The van der Waals surface area contributed by atoms with Gasteiger partial charge in [-0.15, -0.1) is 0 Å². The van der Waals surface area contributed by atoms with Crippen LogP contribution in [0.2, 0.25) is 0 Å². The monoisotopic (exact) mass is 308 g/mol. The van der Waals surface area contributed by atoms with Crippen molar-refractivity contribution in [1.82, 2.24) is 10.6 Å². The molecule has 2 N–H and O–H groups in total. The van der Waals surface area contributed by atoms with Crippen LogP contribution in [0.3, 0.4) is 0 Å². The molecule has 0 amide bonds. The lowest BCUT2D eigenvalue weighted by molar-refractivity contribution is -0.00131. The van der Waals surface area contributed by atoms with Crippen molar-refractivity contribution >= 4 is 0 Å². The van der Waals surface area contributed by atoms with E-state index >= 15 is 0 Å². The van der Waals surface area contributed by atoms with Crippen molar-refractivity contribution in [2.45, 2.75) is 12.2 Å². The first kappa shape index (κ1) is 15.6. The Bertz CT molecular complexity index is 408. The Morgan fingerprint density at radius 1 is 0.909 bits per heavy atom. The van der Waals surface area contributed by atoms with Crippen LogP contribution >= 0.6 is 0 Å². The summed E-state index contributed by atoms with van der Waals surface area (Å²) in [4.78, 5) is 0. The molecular formula is C16H24N2O4. The van der Waals surface area contributed by atoms with Crippen LogP contribution in [0.4, 0.5) is 0 Å². The smallest absolute Gasteiger partial charge is 0.123 e. The van der Waals surface area contributed by atoms with Crippen LogP contribution in [0.25, 0.3) is 0 Å². The van der Waals surface area contributed by atoms with Gasteiger partial charge in [-0.05, 0) is 12.1 Å². The van der Waals surface area contributed by atoms with Gasteiger partial charge in [-0.3, -0.25) is 0 Å². The molecule has 2 atom stereocenters. The van der Waals surface area contributed by atoms with Gasteiger partial charge in [0.1, 0.15) is 36.9 Å². The van der Waals surface area contributed by atoms with Crippen molar-refractivity contribution in [3.63, 3.8) is 0 Å². The summed E-state index contributed by atoms with van der Waals surface area (Å²) in [6.45, 7) is 6.08. The van der Waals surface area contributed by atoms with Crippen molar-refractivity contribution in [3.05, 3.63) is 24.3 Å². The Morgan fingerprint density at radius 2 is 1.45 bits per heavy atom. The van der Waals surface area contributed by atoms with E-state index < -0.39 is 0 Å². The Hall–Kier alpha value is -1.34. The molecule has 3 rings (SSSR count). The number of rotatable bonds is 6. The van der Waals surface area contributed by atoms with E-state index in [0.717, 1.165) is 50.9 Å². The van der Waals surface area contributed by atoms with Gasteiger partial charge in [-0.1, -0.05) is 6.07 Å². The van der Waals surface area contributed by atoms with E-state index in [1.165, 1.54) is 0 Å². The Labute approximate surface area is 131 Å². The summed E-state index contributed by atoms with van der Waals surface area (Å²) >= 11 is 0. The zero-order chi connectivity index (χ0) is 15.0. The lowest BCUT2D eigenvalue weighted by Crippen LogP contribution is -2.41. The van der Waals surface area contributed by atoms with Crippen LogP contribution in [0.15, 0.2) is 24.3 Å². The van der Waals surface area contributed by atoms with Gasteiger partial charge in [0.2, 0.25) is 0 Å². The quantitative estimate of drug-likeness (QED) is 0.794. The maximum absolute atomic E-state index is 5.79. The van der Waals surface area contributed by atoms with Crippen molar-refractivity contribution in [2.24, 2.45) is 0 Å². The molecule has 122 valence electrons. The topological polar surface area (TPSA) is 61.0 Å². The van der Waals surface area contributed by atoms with Gasteiger partial charge in [-0.2, -0.15) is 0 Å². The third kappa shape index (κ3) is 4.84. The van der Waals surface area contributed by atoms with E-state index in [9.17, 15) is 0 Å². The highest BCUT2D eigenvalue weighted by molar-refractivity contribution is 5.33. The molecule has 6 heteroatoms. The number of nitrogens with one attached hydrogen (secondary N) is 2. The van der Waals surface area contributed by atoms with Gasteiger partial charge in [0, 0.05) is 32.2 Å². The molecular weight excluding hydrogens is 284 g/mol. The highest BCUT2D eigenvalue weighted by Crippen LogP contribution is 2.20. The first-order valence-electron chi connectivity index (χ1n) is 7.90. The van der Waals surface area contributed by atoms with E-state index in [0.29, 0.717) is 13.2 Å². The van der Waals surface area contributed by atoms with Crippen molar-refractivity contribution in [2.75, 3.05) is 52.6 Å². The molecule has 2 heterocycles. The Balaban J connectivity index is 1.44. The predicted octanol–water partition coefficient (Wildman–Crippen LogP) is 0.421. The van der Waals surface area contributed by atoms with Crippen LogP contribution < -0.4 is 20.1 Å². The maximum atomic E-state index is 5.79. The molecule has 1 aromatic carbocycles. The molecule has 0 aliphatic carbocycles. The van der Waals surface area contributed by atoms with Gasteiger partial charge in [0.05, 0.1) is 13.2 Å². The molecule has 1 aromatic rings. The van der Waals surface area contributed by atoms with Gasteiger partial charge in [0.25, 0.3) is 0 Å². The Kier molecular flexibility index (Phi) is 5.89. The van der Waals surface area contributed by atoms with Crippen LogP contribution in [-0.4, -0.2) is 64.8 Å². The van der Waals surface area contributed by atoms with Crippen LogP contribution in [0, 0.1) is 0 Å². The summed E-state index contributed by atoms with van der Waals surface area (Å²) in [5.41, 5.74) is 0. The van der Waals surface area contributed by atoms with Crippen molar-refractivity contribution in [3.8, 4) is 11.5 Å². The fraction of sp³-hybridized carbons (Fsp3) is 0.625. The number of hydrogen-bond donors (Lipinski definition) is 2. The number of benzene rings is 1. The van der Waals surface area contributed by atoms with E-state index in [4.69, 9.17) is 18.9 Å². The normalized spacial score (nSPS) is 25.6. The summed E-state index contributed by atoms with van der Waals surface area (Å²) in [5, 5.41) is 6.58. The summed E-state index contributed by atoms with van der Waals surface area (Å²) in [6, 6.07) is 7.71. The largest absolute Gasteiger partial charge is 0.491 e. The highest BCUT2D eigenvalue weighted by atomic mass is 16.5. The highest BCUT2D eigenvalue weighted by Gasteiger charge is 2.15. The molecule has 0 bridgehead atoms.